The van der Waals surface area contributed by atoms with Crippen LogP contribution in [0.25, 0.3) is 0 Å². The molecule has 0 aromatic heterocycles. The zero-order chi connectivity index (χ0) is 14.8. The van der Waals surface area contributed by atoms with Crippen LogP contribution in [0.2, 0.25) is 0 Å². The molecular formula is C16H21NO3. The van der Waals surface area contributed by atoms with Gasteiger partial charge in [0.2, 0.25) is 0 Å². The van der Waals surface area contributed by atoms with Crippen LogP contribution >= 0.6 is 0 Å². The predicted octanol–water partition coefficient (Wildman–Crippen LogP) is 3.07. The maximum Gasteiger partial charge on any atom is 0.166 e. The third kappa shape index (κ3) is 2.34. The number of aliphatic hydroxyl groups is 1. The molecule has 1 fully saturated rings. The molecule has 20 heavy (non-hydrogen) atoms. The van der Waals surface area contributed by atoms with Crippen LogP contribution in [0, 0.1) is 22.7 Å². The Kier molecular flexibility index (Phi) is 4.20. The van der Waals surface area contributed by atoms with E-state index in [4.69, 9.17) is 9.47 Å². The molecule has 2 rings (SSSR count). The average Bonchev–Trinajstić information content (AvgIpc) is 2.88. The fraction of sp³-hybridized carbons (Fsp3) is 0.562. The molecule has 1 aliphatic rings. The van der Waals surface area contributed by atoms with E-state index in [2.05, 4.69) is 13.0 Å². The second kappa shape index (κ2) is 5.72. The van der Waals surface area contributed by atoms with E-state index in [-0.39, 0.29) is 0 Å². The second-order valence-corrected chi connectivity index (χ2v) is 5.60. The minimum atomic E-state index is -0.859. The molecule has 1 aliphatic carbocycles. The van der Waals surface area contributed by atoms with Gasteiger partial charge < -0.3 is 14.6 Å². The summed E-state index contributed by atoms with van der Waals surface area (Å²) < 4.78 is 10.6. The van der Waals surface area contributed by atoms with Crippen molar-refractivity contribution in [1.29, 1.82) is 5.26 Å². The number of nitriles is 1. The zero-order valence-electron chi connectivity index (χ0n) is 12.2. The summed E-state index contributed by atoms with van der Waals surface area (Å²) in [6.07, 6.45) is 1.54. The van der Waals surface area contributed by atoms with Crippen molar-refractivity contribution in [3.05, 3.63) is 23.8 Å². The molecule has 0 radical (unpaired) electrons. The first-order valence-corrected chi connectivity index (χ1v) is 6.88. The van der Waals surface area contributed by atoms with Crippen LogP contribution in [0.4, 0.5) is 0 Å². The summed E-state index contributed by atoms with van der Waals surface area (Å²) in [7, 11) is 3.11. The first-order valence-electron chi connectivity index (χ1n) is 6.88. The zero-order valence-corrected chi connectivity index (χ0v) is 12.2. The Hall–Kier alpha value is -1.73. The van der Waals surface area contributed by atoms with E-state index in [0.29, 0.717) is 35.8 Å². The Bertz CT molecular complexity index is 523. The highest BCUT2D eigenvalue weighted by Crippen LogP contribution is 2.51. The molecular weight excluding hydrogens is 254 g/mol. The molecule has 0 spiro atoms. The Balaban J connectivity index is 2.43. The van der Waals surface area contributed by atoms with E-state index < -0.39 is 11.5 Å². The number of hydrogen-bond acceptors (Lipinski definition) is 4. The number of methoxy groups -OCH3 is 2. The number of rotatable bonds is 4. The van der Waals surface area contributed by atoms with Gasteiger partial charge in [-0.15, -0.1) is 0 Å². The van der Waals surface area contributed by atoms with E-state index >= 15 is 0 Å². The molecule has 1 aromatic carbocycles. The van der Waals surface area contributed by atoms with Crippen LogP contribution in [0.1, 0.15) is 37.9 Å². The number of ether oxygens (including phenoxy) is 2. The largest absolute Gasteiger partial charge is 0.493 e. The SMILES string of the molecule is COc1cccc(C(O)C2(C#N)CCC(C)C2)c1OC. The molecule has 4 heteroatoms. The van der Waals surface area contributed by atoms with Crippen molar-refractivity contribution in [3.8, 4) is 17.6 Å². The molecule has 1 aromatic rings. The minimum absolute atomic E-state index is 0.459. The highest BCUT2D eigenvalue weighted by atomic mass is 16.5. The summed E-state index contributed by atoms with van der Waals surface area (Å²) in [5.41, 5.74) is -0.0958. The Morgan fingerprint density at radius 2 is 2.15 bits per heavy atom. The van der Waals surface area contributed by atoms with Gasteiger partial charge in [0.15, 0.2) is 11.5 Å². The van der Waals surface area contributed by atoms with Gasteiger partial charge in [-0.1, -0.05) is 19.1 Å². The molecule has 1 saturated carbocycles. The topological polar surface area (TPSA) is 62.5 Å². The van der Waals surface area contributed by atoms with Gasteiger partial charge in [0.1, 0.15) is 6.10 Å². The van der Waals surface area contributed by atoms with Crippen LogP contribution in [0.15, 0.2) is 18.2 Å². The molecule has 4 nitrogen and oxygen atoms in total. The molecule has 0 amide bonds. The van der Waals surface area contributed by atoms with E-state index in [1.807, 2.05) is 6.07 Å². The quantitative estimate of drug-likeness (QED) is 0.917. The van der Waals surface area contributed by atoms with Gasteiger partial charge in [0.25, 0.3) is 0 Å². The summed E-state index contributed by atoms with van der Waals surface area (Å²) in [4.78, 5) is 0. The molecule has 0 aliphatic heterocycles. The van der Waals surface area contributed by atoms with Gasteiger partial charge in [-0.25, -0.2) is 0 Å². The van der Waals surface area contributed by atoms with Crippen LogP contribution in [-0.2, 0) is 0 Å². The Labute approximate surface area is 119 Å². The third-order valence-electron chi connectivity index (χ3n) is 4.27. The van der Waals surface area contributed by atoms with Crippen molar-refractivity contribution in [2.75, 3.05) is 14.2 Å². The molecule has 108 valence electrons. The lowest BCUT2D eigenvalue weighted by Crippen LogP contribution is -2.25. The molecule has 0 bridgehead atoms. The summed E-state index contributed by atoms with van der Waals surface area (Å²) in [6.45, 7) is 2.12. The lowest BCUT2D eigenvalue weighted by atomic mass is 9.78. The fourth-order valence-corrected chi connectivity index (χ4v) is 3.17. The fourth-order valence-electron chi connectivity index (χ4n) is 3.17. The maximum absolute atomic E-state index is 10.8. The predicted molar refractivity (Wildman–Crippen MR) is 75.6 cm³/mol. The minimum Gasteiger partial charge on any atom is -0.493 e. The van der Waals surface area contributed by atoms with E-state index in [0.717, 1.165) is 6.42 Å². The van der Waals surface area contributed by atoms with Gasteiger partial charge in [-0.2, -0.15) is 5.26 Å². The number of para-hydroxylation sites is 1. The summed E-state index contributed by atoms with van der Waals surface area (Å²) in [6, 6.07) is 7.74. The average molecular weight is 275 g/mol. The van der Waals surface area contributed by atoms with Crippen LogP contribution in [0.5, 0.6) is 11.5 Å². The molecule has 1 N–H and O–H groups in total. The highest BCUT2D eigenvalue weighted by Gasteiger charge is 2.45. The van der Waals surface area contributed by atoms with Crippen LogP contribution in [0.3, 0.4) is 0 Å². The van der Waals surface area contributed by atoms with E-state index in [9.17, 15) is 10.4 Å². The molecule has 0 saturated heterocycles. The Morgan fingerprint density at radius 1 is 1.40 bits per heavy atom. The summed E-state index contributed by atoms with van der Waals surface area (Å²) >= 11 is 0. The second-order valence-electron chi connectivity index (χ2n) is 5.60. The number of hydrogen-bond donors (Lipinski definition) is 1. The Morgan fingerprint density at radius 3 is 2.65 bits per heavy atom. The normalized spacial score (nSPS) is 26.9. The van der Waals surface area contributed by atoms with Crippen molar-refractivity contribution < 1.29 is 14.6 Å². The molecule has 0 heterocycles. The van der Waals surface area contributed by atoms with Crippen molar-refractivity contribution in [1.82, 2.24) is 0 Å². The number of nitrogens with zero attached hydrogens (tertiary/aromatic N) is 1. The maximum atomic E-state index is 10.8. The van der Waals surface area contributed by atoms with Gasteiger partial charge in [-0.3, -0.25) is 0 Å². The number of benzene rings is 1. The summed E-state index contributed by atoms with van der Waals surface area (Å²) in [5, 5.41) is 20.3. The van der Waals surface area contributed by atoms with Gasteiger partial charge in [-0.05, 0) is 31.2 Å². The van der Waals surface area contributed by atoms with E-state index in [1.54, 1.807) is 26.4 Å². The van der Waals surface area contributed by atoms with Crippen molar-refractivity contribution in [2.24, 2.45) is 11.3 Å². The van der Waals surface area contributed by atoms with Gasteiger partial charge in [0.05, 0.1) is 25.7 Å². The summed E-state index contributed by atoms with van der Waals surface area (Å²) in [5.74, 6) is 1.54. The number of aliphatic hydroxyl groups excluding tert-OH is 1. The highest BCUT2D eigenvalue weighted by molar-refractivity contribution is 5.48. The van der Waals surface area contributed by atoms with Gasteiger partial charge >= 0.3 is 0 Å². The lowest BCUT2D eigenvalue weighted by Gasteiger charge is -2.29. The molecule has 3 unspecified atom stereocenters. The van der Waals surface area contributed by atoms with Crippen molar-refractivity contribution >= 4 is 0 Å². The molecule has 3 atom stereocenters. The third-order valence-corrected chi connectivity index (χ3v) is 4.27. The lowest BCUT2D eigenvalue weighted by molar-refractivity contribution is 0.0621. The van der Waals surface area contributed by atoms with Crippen LogP contribution < -0.4 is 9.47 Å². The van der Waals surface area contributed by atoms with Gasteiger partial charge in [0, 0.05) is 5.56 Å². The first-order chi connectivity index (χ1) is 9.57. The van der Waals surface area contributed by atoms with Crippen molar-refractivity contribution in [3.63, 3.8) is 0 Å². The van der Waals surface area contributed by atoms with Crippen LogP contribution in [-0.4, -0.2) is 19.3 Å². The van der Waals surface area contributed by atoms with E-state index in [1.165, 1.54) is 0 Å². The van der Waals surface area contributed by atoms with Crippen molar-refractivity contribution in [2.45, 2.75) is 32.3 Å². The monoisotopic (exact) mass is 275 g/mol. The first kappa shape index (κ1) is 14.7. The smallest absolute Gasteiger partial charge is 0.166 e. The standard InChI is InChI=1S/C16H21NO3/c1-11-7-8-16(9-11,10-17)15(18)12-5-4-6-13(19-2)14(12)20-3/h4-6,11,15,18H,7-9H2,1-3H3.